The minimum absolute atomic E-state index is 0.252. The van der Waals surface area contributed by atoms with Crippen LogP contribution in [0.4, 0.5) is 4.39 Å². The number of hydrogen-bond acceptors (Lipinski definition) is 2. The number of benzene rings is 1. The Bertz CT molecular complexity index is 466. The molecule has 0 fully saturated rings. The molecule has 4 heteroatoms. The summed E-state index contributed by atoms with van der Waals surface area (Å²) in [4.78, 5) is 0. The van der Waals surface area contributed by atoms with Crippen LogP contribution < -0.4 is 5.73 Å². The summed E-state index contributed by atoms with van der Waals surface area (Å²) < 4.78 is 17.9. The van der Waals surface area contributed by atoms with Crippen LogP contribution in [0.3, 0.4) is 0 Å². The van der Waals surface area contributed by atoms with Crippen LogP contribution in [-0.4, -0.2) is 0 Å². The van der Waals surface area contributed by atoms with Gasteiger partial charge in [0.05, 0.1) is 6.04 Å². The highest BCUT2D eigenvalue weighted by molar-refractivity contribution is 6.28. The highest BCUT2D eigenvalue weighted by atomic mass is 35.5. The van der Waals surface area contributed by atoms with E-state index < -0.39 is 0 Å². The molecule has 1 aromatic heterocycles. The first-order valence-corrected chi connectivity index (χ1v) is 5.28. The monoisotopic (exact) mass is 239 g/mol. The molecule has 0 amide bonds. The summed E-state index contributed by atoms with van der Waals surface area (Å²) in [5.74, 6) is 0.382. The summed E-state index contributed by atoms with van der Waals surface area (Å²) in [7, 11) is 0. The summed E-state index contributed by atoms with van der Waals surface area (Å²) in [6.07, 6.45) is 0.587. The van der Waals surface area contributed by atoms with Crippen LogP contribution in [0.15, 0.2) is 40.8 Å². The first-order valence-electron chi connectivity index (χ1n) is 4.90. The molecule has 0 aliphatic rings. The van der Waals surface area contributed by atoms with Crippen LogP contribution in [0.2, 0.25) is 5.22 Å². The van der Waals surface area contributed by atoms with Crippen molar-refractivity contribution in [2.75, 3.05) is 0 Å². The van der Waals surface area contributed by atoms with Crippen LogP contribution in [0.25, 0.3) is 0 Å². The summed E-state index contributed by atoms with van der Waals surface area (Å²) in [6, 6.07) is 9.38. The largest absolute Gasteiger partial charge is 0.448 e. The Balaban J connectivity index is 2.07. The van der Waals surface area contributed by atoms with E-state index in [2.05, 4.69) is 0 Å². The maximum Gasteiger partial charge on any atom is 0.193 e. The Morgan fingerprint density at radius 3 is 2.44 bits per heavy atom. The van der Waals surface area contributed by atoms with Gasteiger partial charge >= 0.3 is 0 Å². The average molecular weight is 240 g/mol. The normalized spacial score (nSPS) is 12.7. The summed E-state index contributed by atoms with van der Waals surface area (Å²) in [5, 5.41) is 0.324. The third-order valence-corrected chi connectivity index (χ3v) is 2.53. The molecular formula is C12H11ClFNO. The predicted octanol–water partition coefficient (Wildman–Crippen LogP) is 3.31. The molecule has 0 saturated carbocycles. The molecule has 1 unspecified atom stereocenters. The fraction of sp³-hybridized carbons (Fsp3) is 0.167. The highest BCUT2D eigenvalue weighted by Gasteiger charge is 2.11. The van der Waals surface area contributed by atoms with E-state index in [0.29, 0.717) is 17.4 Å². The number of hydrogen-bond donors (Lipinski definition) is 1. The van der Waals surface area contributed by atoms with E-state index in [1.165, 1.54) is 12.1 Å². The molecule has 0 aliphatic carbocycles. The van der Waals surface area contributed by atoms with Gasteiger partial charge in [0.1, 0.15) is 11.6 Å². The maximum atomic E-state index is 12.7. The van der Waals surface area contributed by atoms with Crippen LogP contribution in [0, 0.1) is 5.82 Å². The van der Waals surface area contributed by atoms with Gasteiger partial charge in [-0.1, -0.05) is 12.1 Å². The standard InChI is InChI=1S/C12H11ClFNO/c13-12-6-5-11(16-12)10(15)7-8-1-3-9(14)4-2-8/h1-6,10H,7,15H2. The van der Waals surface area contributed by atoms with Gasteiger partial charge in [-0.25, -0.2) is 4.39 Å². The Kier molecular flexibility index (Phi) is 3.27. The van der Waals surface area contributed by atoms with Crippen molar-refractivity contribution in [1.82, 2.24) is 0 Å². The summed E-state index contributed by atoms with van der Waals surface area (Å²) in [6.45, 7) is 0. The molecule has 16 heavy (non-hydrogen) atoms. The Labute approximate surface area is 97.8 Å². The topological polar surface area (TPSA) is 39.2 Å². The second kappa shape index (κ2) is 4.68. The van der Waals surface area contributed by atoms with E-state index >= 15 is 0 Å². The van der Waals surface area contributed by atoms with Crippen LogP contribution in [-0.2, 0) is 6.42 Å². The number of furan rings is 1. The van der Waals surface area contributed by atoms with Gasteiger partial charge in [-0.15, -0.1) is 0 Å². The van der Waals surface area contributed by atoms with Crippen molar-refractivity contribution >= 4 is 11.6 Å². The van der Waals surface area contributed by atoms with E-state index in [1.807, 2.05) is 0 Å². The maximum absolute atomic E-state index is 12.7. The van der Waals surface area contributed by atoms with Crippen molar-refractivity contribution in [1.29, 1.82) is 0 Å². The van der Waals surface area contributed by atoms with E-state index in [-0.39, 0.29) is 11.9 Å². The second-order valence-corrected chi connectivity index (χ2v) is 3.95. The molecule has 2 aromatic rings. The van der Waals surface area contributed by atoms with Gasteiger partial charge in [-0.05, 0) is 47.9 Å². The quantitative estimate of drug-likeness (QED) is 0.893. The van der Waals surface area contributed by atoms with Crippen molar-refractivity contribution in [3.05, 3.63) is 58.8 Å². The van der Waals surface area contributed by atoms with Crippen LogP contribution in [0.5, 0.6) is 0 Å². The third-order valence-electron chi connectivity index (χ3n) is 2.33. The zero-order chi connectivity index (χ0) is 11.5. The molecular weight excluding hydrogens is 229 g/mol. The van der Waals surface area contributed by atoms with Gasteiger partial charge in [0.15, 0.2) is 5.22 Å². The zero-order valence-corrected chi connectivity index (χ0v) is 9.25. The van der Waals surface area contributed by atoms with Gasteiger partial charge in [0, 0.05) is 0 Å². The summed E-state index contributed by atoms with van der Waals surface area (Å²) in [5.41, 5.74) is 6.89. The molecule has 2 nitrogen and oxygen atoms in total. The second-order valence-electron chi connectivity index (χ2n) is 3.58. The number of nitrogens with two attached hydrogens (primary N) is 1. The highest BCUT2D eigenvalue weighted by Crippen LogP contribution is 2.21. The molecule has 2 rings (SSSR count). The molecule has 1 heterocycles. The van der Waals surface area contributed by atoms with Crippen molar-refractivity contribution in [2.45, 2.75) is 12.5 Å². The molecule has 2 N–H and O–H groups in total. The van der Waals surface area contributed by atoms with E-state index in [4.69, 9.17) is 21.8 Å². The van der Waals surface area contributed by atoms with E-state index in [9.17, 15) is 4.39 Å². The molecule has 0 saturated heterocycles. The Morgan fingerprint density at radius 1 is 1.19 bits per heavy atom. The summed E-state index contributed by atoms with van der Waals surface area (Å²) >= 11 is 5.66. The first-order chi connectivity index (χ1) is 7.65. The average Bonchev–Trinajstić information content (AvgIpc) is 2.68. The van der Waals surface area contributed by atoms with Gasteiger partial charge < -0.3 is 10.2 Å². The fourth-order valence-corrected chi connectivity index (χ4v) is 1.65. The molecule has 0 aliphatic heterocycles. The number of rotatable bonds is 3. The molecule has 0 spiro atoms. The Morgan fingerprint density at radius 2 is 1.88 bits per heavy atom. The minimum atomic E-state index is -0.266. The molecule has 0 bridgehead atoms. The predicted molar refractivity (Wildman–Crippen MR) is 60.8 cm³/mol. The van der Waals surface area contributed by atoms with Crippen LogP contribution in [0.1, 0.15) is 17.4 Å². The minimum Gasteiger partial charge on any atom is -0.448 e. The van der Waals surface area contributed by atoms with Gasteiger partial charge in [-0.2, -0.15) is 0 Å². The SMILES string of the molecule is NC(Cc1ccc(F)cc1)c1ccc(Cl)o1. The van der Waals surface area contributed by atoms with Crippen LogP contribution >= 0.6 is 11.6 Å². The molecule has 1 aromatic carbocycles. The zero-order valence-electron chi connectivity index (χ0n) is 8.49. The number of halogens is 2. The van der Waals surface area contributed by atoms with E-state index in [0.717, 1.165) is 5.56 Å². The van der Waals surface area contributed by atoms with E-state index in [1.54, 1.807) is 24.3 Å². The Hall–Kier alpha value is -1.32. The lowest BCUT2D eigenvalue weighted by Crippen LogP contribution is -2.12. The lowest BCUT2D eigenvalue weighted by molar-refractivity contribution is 0.466. The van der Waals surface area contributed by atoms with Crippen molar-refractivity contribution in [2.24, 2.45) is 5.73 Å². The third kappa shape index (κ3) is 2.62. The van der Waals surface area contributed by atoms with Crippen molar-refractivity contribution in [3.8, 4) is 0 Å². The fourth-order valence-electron chi connectivity index (χ4n) is 1.50. The van der Waals surface area contributed by atoms with Gasteiger partial charge in [-0.3, -0.25) is 0 Å². The van der Waals surface area contributed by atoms with Gasteiger partial charge in [0.25, 0.3) is 0 Å². The lowest BCUT2D eigenvalue weighted by atomic mass is 10.1. The molecule has 0 radical (unpaired) electrons. The molecule has 1 atom stereocenters. The first kappa shape index (κ1) is 11.2. The van der Waals surface area contributed by atoms with Crippen molar-refractivity contribution < 1.29 is 8.81 Å². The molecule has 84 valence electrons. The lowest BCUT2D eigenvalue weighted by Gasteiger charge is -2.08. The van der Waals surface area contributed by atoms with Crippen molar-refractivity contribution in [3.63, 3.8) is 0 Å². The smallest absolute Gasteiger partial charge is 0.193 e. The van der Waals surface area contributed by atoms with Gasteiger partial charge in [0.2, 0.25) is 0 Å².